The number of ketones is 1. The second-order valence-corrected chi connectivity index (χ2v) is 4.70. The predicted molar refractivity (Wildman–Crippen MR) is 77.4 cm³/mol. The van der Waals surface area contributed by atoms with E-state index >= 15 is 0 Å². The summed E-state index contributed by atoms with van der Waals surface area (Å²) in [5, 5.41) is 0.452. The third kappa shape index (κ3) is 2.53. The highest BCUT2D eigenvalue weighted by Gasteiger charge is 2.12. The number of rotatable bonds is 3. The van der Waals surface area contributed by atoms with Crippen molar-refractivity contribution in [2.75, 3.05) is 6.79 Å². The van der Waals surface area contributed by atoms with Crippen LogP contribution in [0.25, 0.3) is 6.08 Å². The van der Waals surface area contributed by atoms with Crippen LogP contribution in [-0.4, -0.2) is 12.6 Å². The standard InChI is InChI=1S/C16H11ClO3/c17-13-4-2-1-3-12(13)14(18)7-5-11-6-8-15-16(9-11)20-10-19-15/h1-9H,10H2/b7-5-. The van der Waals surface area contributed by atoms with Crippen LogP contribution in [0.15, 0.2) is 48.5 Å². The van der Waals surface area contributed by atoms with E-state index in [1.54, 1.807) is 30.3 Å². The molecule has 0 saturated carbocycles. The number of carbonyl (C=O) groups excluding carboxylic acids is 1. The number of halogens is 1. The number of carbonyl (C=O) groups is 1. The lowest BCUT2D eigenvalue weighted by molar-refractivity contribution is 0.104. The van der Waals surface area contributed by atoms with Crippen LogP contribution in [0.2, 0.25) is 5.02 Å². The molecule has 1 heterocycles. The van der Waals surface area contributed by atoms with E-state index in [4.69, 9.17) is 21.1 Å². The van der Waals surface area contributed by atoms with Gasteiger partial charge in [-0.3, -0.25) is 4.79 Å². The summed E-state index contributed by atoms with van der Waals surface area (Å²) >= 11 is 5.99. The van der Waals surface area contributed by atoms with E-state index in [2.05, 4.69) is 0 Å². The Morgan fingerprint density at radius 2 is 1.90 bits per heavy atom. The molecule has 0 saturated heterocycles. The van der Waals surface area contributed by atoms with Crippen LogP contribution in [0, 0.1) is 0 Å². The Morgan fingerprint density at radius 1 is 1.10 bits per heavy atom. The van der Waals surface area contributed by atoms with Gasteiger partial charge in [-0.1, -0.05) is 35.9 Å². The number of hydrogen-bond donors (Lipinski definition) is 0. The van der Waals surface area contributed by atoms with Crippen LogP contribution >= 0.6 is 11.6 Å². The van der Waals surface area contributed by atoms with E-state index in [1.807, 2.05) is 18.2 Å². The van der Waals surface area contributed by atoms with Gasteiger partial charge in [-0.25, -0.2) is 0 Å². The summed E-state index contributed by atoms with van der Waals surface area (Å²) in [6, 6.07) is 12.5. The van der Waals surface area contributed by atoms with Crippen LogP contribution in [0.5, 0.6) is 11.5 Å². The molecule has 0 aliphatic carbocycles. The molecular formula is C16H11ClO3. The molecule has 4 heteroatoms. The Labute approximate surface area is 121 Å². The molecule has 0 atom stereocenters. The van der Waals surface area contributed by atoms with Crippen LogP contribution < -0.4 is 9.47 Å². The Kier molecular flexibility index (Phi) is 3.44. The van der Waals surface area contributed by atoms with Gasteiger partial charge < -0.3 is 9.47 Å². The summed E-state index contributed by atoms with van der Waals surface area (Å²) in [4.78, 5) is 12.0. The summed E-state index contributed by atoms with van der Waals surface area (Å²) in [7, 11) is 0. The van der Waals surface area contributed by atoms with E-state index in [-0.39, 0.29) is 12.6 Å². The van der Waals surface area contributed by atoms with Crippen LogP contribution in [0.4, 0.5) is 0 Å². The maximum absolute atomic E-state index is 12.0. The lowest BCUT2D eigenvalue weighted by Gasteiger charge is -1.99. The first-order valence-corrected chi connectivity index (χ1v) is 6.48. The van der Waals surface area contributed by atoms with Gasteiger partial charge in [-0.05, 0) is 35.9 Å². The molecule has 0 unspecified atom stereocenters. The maximum Gasteiger partial charge on any atom is 0.231 e. The average Bonchev–Trinajstić information content (AvgIpc) is 2.92. The van der Waals surface area contributed by atoms with E-state index in [1.165, 1.54) is 6.08 Å². The number of benzene rings is 2. The summed E-state index contributed by atoms with van der Waals surface area (Å²) in [5.41, 5.74) is 1.36. The third-order valence-corrected chi connectivity index (χ3v) is 3.29. The van der Waals surface area contributed by atoms with E-state index in [9.17, 15) is 4.79 Å². The Balaban J connectivity index is 1.81. The van der Waals surface area contributed by atoms with Gasteiger partial charge in [0.2, 0.25) is 6.79 Å². The van der Waals surface area contributed by atoms with Crippen molar-refractivity contribution in [1.29, 1.82) is 0 Å². The van der Waals surface area contributed by atoms with Gasteiger partial charge in [0.05, 0.1) is 5.02 Å². The minimum atomic E-state index is -0.131. The topological polar surface area (TPSA) is 35.5 Å². The van der Waals surface area contributed by atoms with Crippen LogP contribution in [-0.2, 0) is 0 Å². The molecule has 0 fully saturated rings. The van der Waals surface area contributed by atoms with Gasteiger partial charge in [0, 0.05) is 5.56 Å². The first-order chi connectivity index (χ1) is 9.74. The van der Waals surface area contributed by atoms with Crippen molar-refractivity contribution in [2.24, 2.45) is 0 Å². The highest BCUT2D eigenvalue weighted by atomic mass is 35.5. The summed E-state index contributed by atoms with van der Waals surface area (Å²) in [6.45, 7) is 0.237. The molecule has 1 aliphatic rings. The lowest BCUT2D eigenvalue weighted by Crippen LogP contribution is -1.94. The van der Waals surface area contributed by atoms with Crippen molar-refractivity contribution in [3.8, 4) is 11.5 Å². The fourth-order valence-electron chi connectivity index (χ4n) is 1.94. The monoisotopic (exact) mass is 286 g/mol. The summed E-state index contributed by atoms with van der Waals surface area (Å²) in [5.74, 6) is 1.28. The van der Waals surface area contributed by atoms with E-state index < -0.39 is 0 Å². The number of ether oxygens (including phenoxy) is 2. The van der Waals surface area contributed by atoms with Crippen LogP contribution in [0.1, 0.15) is 15.9 Å². The molecule has 0 spiro atoms. The van der Waals surface area contributed by atoms with E-state index in [0.29, 0.717) is 16.3 Å². The van der Waals surface area contributed by atoms with Gasteiger partial charge in [-0.2, -0.15) is 0 Å². The molecule has 1 aliphatic heterocycles. The largest absolute Gasteiger partial charge is 0.454 e. The zero-order valence-electron chi connectivity index (χ0n) is 10.5. The van der Waals surface area contributed by atoms with Crippen molar-refractivity contribution in [3.63, 3.8) is 0 Å². The van der Waals surface area contributed by atoms with Gasteiger partial charge in [0.1, 0.15) is 0 Å². The Hall–Kier alpha value is -2.26. The van der Waals surface area contributed by atoms with Crippen molar-refractivity contribution < 1.29 is 14.3 Å². The highest BCUT2D eigenvalue weighted by Crippen LogP contribution is 2.32. The quantitative estimate of drug-likeness (QED) is 0.633. The lowest BCUT2D eigenvalue weighted by atomic mass is 10.1. The minimum Gasteiger partial charge on any atom is -0.454 e. The smallest absolute Gasteiger partial charge is 0.231 e. The van der Waals surface area contributed by atoms with Crippen molar-refractivity contribution >= 4 is 23.5 Å². The molecule has 0 aromatic heterocycles. The minimum absolute atomic E-state index is 0.131. The maximum atomic E-state index is 12.0. The normalized spacial score (nSPS) is 12.8. The first kappa shape index (κ1) is 12.8. The fraction of sp³-hybridized carbons (Fsp3) is 0.0625. The number of hydrogen-bond acceptors (Lipinski definition) is 3. The fourth-order valence-corrected chi connectivity index (χ4v) is 2.17. The third-order valence-electron chi connectivity index (χ3n) is 2.96. The average molecular weight is 287 g/mol. The first-order valence-electron chi connectivity index (χ1n) is 6.10. The molecule has 3 rings (SSSR count). The second-order valence-electron chi connectivity index (χ2n) is 4.29. The molecule has 0 bridgehead atoms. The molecule has 2 aromatic rings. The summed E-state index contributed by atoms with van der Waals surface area (Å²) < 4.78 is 10.5. The molecule has 3 nitrogen and oxygen atoms in total. The molecule has 100 valence electrons. The predicted octanol–water partition coefficient (Wildman–Crippen LogP) is 3.96. The SMILES string of the molecule is O=C(/C=C\c1ccc2c(c1)OCO2)c1ccccc1Cl. The van der Waals surface area contributed by atoms with Gasteiger partial charge in [0.25, 0.3) is 0 Å². The number of allylic oxidation sites excluding steroid dienone is 1. The van der Waals surface area contributed by atoms with Crippen LogP contribution in [0.3, 0.4) is 0 Å². The Bertz CT molecular complexity index is 692. The van der Waals surface area contributed by atoms with Crippen molar-refractivity contribution in [1.82, 2.24) is 0 Å². The zero-order valence-corrected chi connectivity index (χ0v) is 11.3. The summed E-state index contributed by atoms with van der Waals surface area (Å²) in [6.07, 6.45) is 3.23. The van der Waals surface area contributed by atoms with Crippen molar-refractivity contribution in [3.05, 3.63) is 64.7 Å². The number of fused-ring (bicyclic) bond motifs is 1. The molecule has 0 N–H and O–H groups in total. The molecule has 0 radical (unpaired) electrons. The molecule has 0 amide bonds. The molecule has 20 heavy (non-hydrogen) atoms. The molecular weight excluding hydrogens is 276 g/mol. The van der Waals surface area contributed by atoms with Gasteiger partial charge in [-0.15, -0.1) is 0 Å². The highest BCUT2D eigenvalue weighted by molar-refractivity contribution is 6.34. The molecule has 2 aromatic carbocycles. The Morgan fingerprint density at radius 3 is 2.75 bits per heavy atom. The van der Waals surface area contributed by atoms with E-state index in [0.717, 1.165) is 11.3 Å². The van der Waals surface area contributed by atoms with Crippen molar-refractivity contribution in [2.45, 2.75) is 0 Å². The van der Waals surface area contributed by atoms with Gasteiger partial charge in [0.15, 0.2) is 17.3 Å². The second kappa shape index (κ2) is 5.39. The van der Waals surface area contributed by atoms with Gasteiger partial charge >= 0.3 is 0 Å². The zero-order chi connectivity index (χ0) is 13.9.